The molecule has 5 heteroatoms. The monoisotopic (exact) mass is 240 g/mol. The molecule has 1 aromatic rings. The Kier molecular flexibility index (Phi) is 2.90. The van der Waals surface area contributed by atoms with E-state index in [9.17, 15) is 8.42 Å². The van der Waals surface area contributed by atoms with Gasteiger partial charge in [-0.05, 0) is 30.9 Å². The molecular weight excluding hydrogens is 224 g/mol. The molecule has 1 aliphatic rings. The van der Waals surface area contributed by atoms with Gasteiger partial charge in [-0.25, -0.2) is 13.1 Å². The first kappa shape index (κ1) is 11.4. The molecule has 0 spiro atoms. The average Bonchev–Trinajstić information content (AvgIpc) is 2.15. The van der Waals surface area contributed by atoms with Gasteiger partial charge in [0.05, 0.1) is 5.69 Å². The molecule has 1 saturated carbocycles. The Morgan fingerprint density at radius 1 is 1.31 bits per heavy atom. The van der Waals surface area contributed by atoms with Crippen LogP contribution in [0.15, 0.2) is 29.2 Å². The zero-order valence-corrected chi connectivity index (χ0v) is 10.00. The van der Waals surface area contributed by atoms with E-state index in [1.807, 2.05) is 0 Å². The maximum absolute atomic E-state index is 12.0. The second-order valence-corrected chi connectivity index (χ2v) is 6.12. The molecule has 0 aliphatic heterocycles. The number of anilines is 1. The lowest BCUT2D eigenvalue weighted by atomic mass is 9.83. The summed E-state index contributed by atoms with van der Waals surface area (Å²) in [6, 6.07) is 6.59. The van der Waals surface area contributed by atoms with Gasteiger partial charge in [0, 0.05) is 6.04 Å². The van der Waals surface area contributed by atoms with Crippen LogP contribution in [0.2, 0.25) is 0 Å². The van der Waals surface area contributed by atoms with Gasteiger partial charge < -0.3 is 5.73 Å². The van der Waals surface area contributed by atoms with Gasteiger partial charge in [0.1, 0.15) is 4.90 Å². The van der Waals surface area contributed by atoms with Gasteiger partial charge in [0.15, 0.2) is 0 Å². The maximum atomic E-state index is 12.0. The van der Waals surface area contributed by atoms with Crippen LogP contribution in [-0.4, -0.2) is 14.5 Å². The summed E-state index contributed by atoms with van der Waals surface area (Å²) in [6.45, 7) is 2.11. The first-order valence-corrected chi connectivity index (χ1v) is 6.84. The van der Waals surface area contributed by atoms with Crippen molar-refractivity contribution in [3.05, 3.63) is 24.3 Å². The molecular formula is C11H16N2O2S. The number of nitrogens with one attached hydrogen (secondary N) is 1. The molecule has 0 bridgehead atoms. The Hall–Kier alpha value is -1.07. The molecule has 0 unspecified atom stereocenters. The van der Waals surface area contributed by atoms with Crippen LogP contribution in [0.3, 0.4) is 0 Å². The van der Waals surface area contributed by atoms with Crippen LogP contribution in [0, 0.1) is 5.92 Å². The Bertz CT molecular complexity index is 479. The van der Waals surface area contributed by atoms with E-state index in [0.29, 0.717) is 11.6 Å². The van der Waals surface area contributed by atoms with Crippen LogP contribution in [0.25, 0.3) is 0 Å². The van der Waals surface area contributed by atoms with Gasteiger partial charge in [-0.15, -0.1) is 0 Å². The van der Waals surface area contributed by atoms with Crippen molar-refractivity contribution in [2.45, 2.75) is 30.7 Å². The molecule has 4 nitrogen and oxygen atoms in total. The summed E-state index contributed by atoms with van der Waals surface area (Å²) in [5.41, 5.74) is 5.94. The summed E-state index contributed by atoms with van der Waals surface area (Å²) in [5.74, 6) is 0.612. The van der Waals surface area contributed by atoms with E-state index in [4.69, 9.17) is 5.73 Å². The third-order valence-corrected chi connectivity index (χ3v) is 4.50. The Morgan fingerprint density at radius 2 is 1.94 bits per heavy atom. The van der Waals surface area contributed by atoms with Gasteiger partial charge >= 0.3 is 0 Å². The zero-order chi connectivity index (χ0) is 11.8. The first-order valence-electron chi connectivity index (χ1n) is 5.36. The number of rotatable bonds is 3. The average molecular weight is 240 g/mol. The molecule has 16 heavy (non-hydrogen) atoms. The fraction of sp³-hybridized carbons (Fsp3) is 0.455. The van der Waals surface area contributed by atoms with E-state index >= 15 is 0 Å². The lowest BCUT2D eigenvalue weighted by Gasteiger charge is -2.32. The van der Waals surface area contributed by atoms with E-state index < -0.39 is 10.0 Å². The first-order chi connectivity index (χ1) is 7.49. The normalized spacial score (nSPS) is 25.1. The van der Waals surface area contributed by atoms with Crippen molar-refractivity contribution in [2.24, 2.45) is 5.92 Å². The van der Waals surface area contributed by atoms with Crippen molar-refractivity contribution in [3.8, 4) is 0 Å². The minimum Gasteiger partial charge on any atom is -0.398 e. The third-order valence-electron chi connectivity index (χ3n) is 2.90. The van der Waals surface area contributed by atoms with E-state index in [-0.39, 0.29) is 10.9 Å². The number of sulfonamides is 1. The second kappa shape index (κ2) is 4.07. The maximum Gasteiger partial charge on any atom is 0.242 e. The Balaban J connectivity index is 2.16. The highest BCUT2D eigenvalue weighted by atomic mass is 32.2. The van der Waals surface area contributed by atoms with Crippen molar-refractivity contribution >= 4 is 15.7 Å². The van der Waals surface area contributed by atoms with Gasteiger partial charge in [0.25, 0.3) is 0 Å². The van der Waals surface area contributed by atoms with Crippen molar-refractivity contribution in [1.29, 1.82) is 0 Å². The lowest BCUT2D eigenvalue weighted by molar-refractivity contribution is 0.270. The van der Waals surface area contributed by atoms with Crippen LogP contribution >= 0.6 is 0 Å². The molecule has 0 radical (unpaired) electrons. The van der Waals surface area contributed by atoms with Gasteiger partial charge in [-0.2, -0.15) is 0 Å². The number of benzene rings is 1. The van der Waals surface area contributed by atoms with Gasteiger partial charge in [0.2, 0.25) is 10.0 Å². The van der Waals surface area contributed by atoms with Crippen molar-refractivity contribution in [1.82, 2.24) is 4.72 Å². The van der Waals surface area contributed by atoms with Gasteiger partial charge in [-0.3, -0.25) is 0 Å². The van der Waals surface area contributed by atoms with Crippen LogP contribution in [0.5, 0.6) is 0 Å². The zero-order valence-electron chi connectivity index (χ0n) is 9.18. The predicted octanol–water partition coefficient (Wildman–Crippen LogP) is 1.35. The molecule has 0 aromatic heterocycles. The minimum absolute atomic E-state index is 0.0691. The third kappa shape index (κ3) is 2.20. The number of para-hydroxylation sites is 1. The van der Waals surface area contributed by atoms with E-state index in [1.54, 1.807) is 18.2 Å². The summed E-state index contributed by atoms with van der Waals surface area (Å²) < 4.78 is 26.6. The minimum atomic E-state index is -3.45. The molecule has 2 rings (SSSR count). The molecule has 3 N–H and O–H groups in total. The topological polar surface area (TPSA) is 72.2 Å². The fourth-order valence-corrected chi connectivity index (χ4v) is 3.40. The van der Waals surface area contributed by atoms with Crippen molar-refractivity contribution in [2.75, 3.05) is 5.73 Å². The fourth-order valence-electron chi connectivity index (χ4n) is 2.01. The predicted molar refractivity (Wildman–Crippen MR) is 63.4 cm³/mol. The molecule has 0 atom stereocenters. The molecule has 88 valence electrons. The summed E-state index contributed by atoms with van der Waals surface area (Å²) in [4.78, 5) is 0.176. The van der Waals surface area contributed by atoms with Gasteiger partial charge in [-0.1, -0.05) is 19.1 Å². The van der Waals surface area contributed by atoms with E-state index in [0.717, 1.165) is 12.8 Å². The van der Waals surface area contributed by atoms with Crippen LogP contribution < -0.4 is 10.5 Å². The standard InChI is InChI=1S/C11H16N2O2S/c1-8-6-9(7-8)13-16(14,15)11-5-3-2-4-10(11)12/h2-5,8-9,13H,6-7,12H2,1H3. The molecule has 0 heterocycles. The summed E-state index contributed by atoms with van der Waals surface area (Å²) in [5, 5.41) is 0. The molecule has 0 amide bonds. The quantitative estimate of drug-likeness (QED) is 0.783. The number of hydrogen-bond acceptors (Lipinski definition) is 3. The summed E-state index contributed by atoms with van der Waals surface area (Å²) >= 11 is 0. The van der Waals surface area contributed by atoms with Crippen LogP contribution in [0.4, 0.5) is 5.69 Å². The Morgan fingerprint density at radius 3 is 2.50 bits per heavy atom. The summed E-state index contributed by atoms with van der Waals surface area (Å²) in [6.07, 6.45) is 1.82. The smallest absolute Gasteiger partial charge is 0.242 e. The van der Waals surface area contributed by atoms with Crippen LogP contribution in [-0.2, 0) is 10.0 Å². The number of nitrogens with two attached hydrogens (primary N) is 1. The molecule has 1 aromatic carbocycles. The molecule has 1 fully saturated rings. The van der Waals surface area contributed by atoms with Crippen LogP contribution in [0.1, 0.15) is 19.8 Å². The molecule has 0 saturated heterocycles. The SMILES string of the molecule is CC1CC(NS(=O)(=O)c2ccccc2N)C1. The lowest BCUT2D eigenvalue weighted by Crippen LogP contribution is -2.43. The van der Waals surface area contributed by atoms with Crippen molar-refractivity contribution < 1.29 is 8.42 Å². The highest BCUT2D eigenvalue weighted by Gasteiger charge is 2.30. The highest BCUT2D eigenvalue weighted by molar-refractivity contribution is 7.89. The summed E-state index contributed by atoms with van der Waals surface area (Å²) in [7, 11) is -3.45. The number of hydrogen-bond donors (Lipinski definition) is 2. The van der Waals surface area contributed by atoms with E-state index in [1.165, 1.54) is 6.07 Å². The second-order valence-electron chi connectivity index (χ2n) is 4.43. The van der Waals surface area contributed by atoms with E-state index in [2.05, 4.69) is 11.6 Å². The Labute approximate surface area is 95.9 Å². The highest BCUT2D eigenvalue weighted by Crippen LogP contribution is 2.28. The molecule has 1 aliphatic carbocycles. The number of nitrogen functional groups attached to an aromatic ring is 1. The van der Waals surface area contributed by atoms with Crippen molar-refractivity contribution in [3.63, 3.8) is 0 Å². The largest absolute Gasteiger partial charge is 0.398 e.